The number of nitrogens with one attached hydrogen (secondary N) is 1. The molecule has 0 unspecified atom stereocenters. The Morgan fingerprint density at radius 3 is 2.74 bits per heavy atom. The normalized spacial score (nSPS) is 29.2. The van der Waals surface area contributed by atoms with Crippen LogP contribution < -0.4 is 14.4 Å². The van der Waals surface area contributed by atoms with Crippen LogP contribution in [-0.4, -0.2) is 96.2 Å². The molecule has 2 aromatic carbocycles. The number of aryl methyl sites for hydroxylation is 1. The fraction of sp³-hybridized carbons (Fsp3) is 0.568. The van der Waals surface area contributed by atoms with Gasteiger partial charge in [-0.1, -0.05) is 35.9 Å². The summed E-state index contributed by atoms with van der Waals surface area (Å²) in [7, 11) is 0.510. The number of sulfonamides is 1. The van der Waals surface area contributed by atoms with Gasteiger partial charge in [0.2, 0.25) is 15.9 Å². The molecule has 2 aliphatic carbocycles. The standard InChI is InChI=1S/C37H48ClN3O8S/c1-40-16-5-4-8-32(48-3)29-12-9-26(29)22-41-23-36(15-6-7-25-19-28(38)11-13-30(25)36)24-49-33-14-10-27(20-31(33)41)37(44,21-34(40)42)35(43)39-50(45,46)18-17-47-2/h4,8,10-11,13-14,19-20,26,29,32,44H,5-7,9,12,15-18,21-24H2,1-3H3,(H,39,43)/b8-4+/t26-,29+,32-,36-,37+/m0/s1. The SMILES string of the molecule is COCCS(=O)(=O)NC(=O)[C@@]1(O)CC(=O)N(C)CC/C=C/[C@H](OC)[C@@H]2CC[C@H]2CN2C[C@@]3(CCCc4cc(Cl)ccc43)COc3ccc1cc32. The third-order valence-electron chi connectivity index (χ3n) is 11.1. The topological polar surface area (TPSA) is 135 Å². The number of rotatable bonds is 6. The molecule has 13 heteroatoms. The Morgan fingerprint density at radius 1 is 1.18 bits per heavy atom. The maximum atomic E-state index is 13.9. The molecule has 50 heavy (non-hydrogen) atoms. The lowest BCUT2D eigenvalue weighted by Crippen LogP contribution is -2.50. The van der Waals surface area contributed by atoms with Gasteiger partial charge in [-0.2, -0.15) is 0 Å². The second kappa shape index (κ2) is 14.8. The zero-order valence-electron chi connectivity index (χ0n) is 29.0. The number of anilines is 1. The number of benzene rings is 2. The molecule has 272 valence electrons. The third-order valence-corrected chi connectivity index (χ3v) is 12.5. The highest BCUT2D eigenvalue weighted by atomic mass is 35.5. The lowest BCUT2D eigenvalue weighted by molar-refractivity contribution is -0.148. The van der Waals surface area contributed by atoms with E-state index in [0.29, 0.717) is 55.0 Å². The summed E-state index contributed by atoms with van der Waals surface area (Å²) < 4.78 is 45.2. The van der Waals surface area contributed by atoms with Gasteiger partial charge in [-0.25, -0.2) is 8.42 Å². The minimum atomic E-state index is -4.18. The van der Waals surface area contributed by atoms with Crippen LogP contribution in [0.3, 0.4) is 0 Å². The minimum Gasteiger partial charge on any atom is -0.490 e. The maximum Gasteiger partial charge on any atom is 0.270 e. The van der Waals surface area contributed by atoms with Crippen molar-refractivity contribution < 1.29 is 37.3 Å². The van der Waals surface area contributed by atoms with Crippen molar-refractivity contribution in [3.05, 3.63) is 70.3 Å². The van der Waals surface area contributed by atoms with Crippen molar-refractivity contribution in [1.82, 2.24) is 9.62 Å². The first-order valence-corrected chi connectivity index (χ1v) is 19.4. The van der Waals surface area contributed by atoms with Crippen LogP contribution in [0.2, 0.25) is 5.02 Å². The van der Waals surface area contributed by atoms with Crippen molar-refractivity contribution in [2.24, 2.45) is 11.8 Å². The number of carbonyl (C=O) groups is 2. The number of amides is 2. The molecule has 11 nitrogen and oxygen atoms in total. The van der Waals surface area contributed by atoms with Gasteiger partial charge in [-0.05, 0) is 91.3 Å². The number of fused-ring (bicyclic) bond motifs is 4. The van der Waals surface area contributed by atoms with E-state index in [2.05, 4.69) is 17.0 Å². The second-order valence-electron chi connectivity index (χ2n) is 14.3. The summed E-state index contributed by atoms with van der Waals surface area (Å²) in [4.78, 5) is 31.2. The highest BCUT2D eigenvalue weighted by Crippen LogP contribution is 2.47. The number of ether oxygens (including phenoxy) is 3. The summed E-state index contributed by atoms with van der Waals surface area (Å²) >= 11 is 6.44. The lowest BCUT2D eigenvalue weighted by atomic mass is 9.68. The van der Waals surface area contributed by atoms with Gasteiger partial charge in [0.15, 0.2) is 5.60 Å². The number of hydrogen-bond donors (Lipinski definition) is 2. The summed E-state index contributed by atoms with van der Waals surface area (Å²) in [6, 6.07) is 11.1. The Balaban J connectivity index is 1.46. The zero-order valence-corrected chi connectivity index (χ0v) is 30.6. The number of methoxy groups -OCH3 is 2. The fourth-order valence-corrected chi connectivity index (χ4v) is 9.20. The van der Waals surface area contributed by atoms with Crippen LogP contribution in [0.4, 0.5) is 5.69 Å². The molecule has 1 spiro atoms. The molecule has 0 aromatic heterocycles. The van der Waals surface area contributed by atoms with Crippen molar-refractivity contribution in [2.75, 3.05) is 64.8 Å². The summed E-state index contributed by atoms with van der Waals surface area (Å²) in [5.74, 6) is -1.03. The Hall–Kier alpha value is -3.16. The highest BCUT2D eigenvalue weighted by molar-refractivity contribution is 7.90. The first kappa shape index (κ1) is 36.6. The van der Waals surface area contributed by atoms with Crippen molar-refractivity contribution in [3.8, 4) is 5.75 Å². The number of carbonyl (C=O) groups excluding carboxylic acids is 2. The predicted molar refractivity (Wildman–Crippen MR) is 191 cm³/mol. The molecule has 0 saturated heterocycles. The minimum absolute atomic E-state index is 0.0722. The van der Waals surface area contributed by atoms with Gasteiger partial charge in [-0.3, -0.25) is 14.3 Å². The van der Waals surface area contributed by atoms with Gasteiger partial charge in [0.25, 0.3) is 5.91 Å². The molecule has 0 radical (unpaired) electrons. The van der Waals surface area contributed by atoms with Crippen LogP contribution in [0, 0.1) is 11.8 Å². The van der Waals surface area contributed by atoms with Crippen LogP contribution in [0.15, 0.2) is 48.6 Å². The van der Waals surface area contributed by atoms with E-state index in [1.54, 1.807) is 32.4 Å². The van der Waals surface area contributed by atoms with Crippen molar-refractivity contribution >= 4 is 39.1 Å². The Morgan fingerprint density at radius 2 is 2.00 bits per heavy atom. The predicted octanol–water partition coefficient (Wildman–Crippen LogP) is 3.94. The monoisotopic (exact) mass is 729 g/mol. The van der Waals surface area contributed by atoms with E-state index >= 15 is 0 Å². The van der Waals surface area contributed by atoms with E-state index in [-0.39, 0.29) is 29.6 Å². The van der Waals surface area contributed by atoms with Crippen LogP contribution in [-0.2, 0) is 46.5 Å². The maximum absolute atomic E-state index is 13.9. The molecular formula is C37H48ClN3O8S. The summed E-state index contributed by atoms with van der Waals surface area (Å²) in [5.41, 5.74) is 0.351. The molecule has 6 rings (SSSR count). The fourth-order valence-electron chi connectivity index (χ4n) is 8.06. The smallest absolute Gasteiger partial charge is 0.270 e. The third kappa shape index (κ3) is 7.41. The summed E-state index contributed by atoms with van der Waals surface area (Å²) in [6.07, 6.45) is 8.75. The van der Waals surface area contributed by atoms with Crippen LogP contribution in [0.25, 0.3) is 0 Å². The quantitative estimate of drug-likeness (QED) is 0.424. The van der Waals surface area contributed by atoms with Crippen molar-refractivity contribution in [3.63, 3.8) is 0 Å². The summed E-state index contributed by atoms with van der Waals surface area (Å²) in [5, 5.41) is 12.9. The van der Waals surface area contributed by atoms with E-state index < -0.39 is 39.6 Å². The van der Waals surface area contributed by atoms with Gasteiger partial charge in [0.05, 0.1) is 37.2 Å². The molecule has 2 aliphatic heterocycles. The van der Waals surface area contributed by atoms with E-state index in [9.17, 15) is 23.1 Å². The van der Waals surface area contributed by atoms with Crippen molar-refractivity contribution in [1.29, 1.82) is 0 Å². The van der Waals surface area contributed by atoms with Crippen molar-refractivity contribution in [2.45, 2.75) is 62.1 Å². The van der Waals surface area contributed by atoms with Gasteiger partial charge in [0, 0.05) is 51.3 Å². The van der Waals surface area contributed by atoms with E-state index in [1.807, 2.05) is 22.9 Å². The first-order valence-electron chi connectivity index (χ1n) is 17.4. The molecule has 2 amide bonds. The molecule has 4 aliphatic rings. The Labute approximate surface area is 299 Å². The van der Waals surface area contributed by atoms with Crippen LogP contribution in [0.5, 0.6) is 5.75 Å². The average Bonchev–Trinajstić information content (AvgIpc) is 3.22. The molecule has 5 atom stereocenters. The lowest BCUT2D eigenvalue weighted by Gasteiger charge is -2.46. The molecule has 2 heterocycles. The molecule has 2 N–H and O–H groups in total. The summed E-state index contributed by atoms with van der Waals surface area (Å²) in [6.45, 7) is 1.91. The molecule has 2 aromatic rings. The number of nitrogens with zero attached hydrogens (tertiary/aromatic N) is 2. The molecule has 1 saturated carbocycles. The van der Waals surface area contributed by atoms with E-state index in [1.165, 1.54) is 23.1 Å². The number of halogens is 1. The van der Waals surface area contributed by atoms with E-state index in [0.717, 1.165) is 32.1 Å². The van der Waals surface area contributed by atoms with Gasteiger partial charge >= 0.3 is 0 Å². The average molecular weight is 730 g/mol. The van der Waals surface area contributed by atoms with E-state index in [4.69, 9.17) is 25.8 Å². The number of aliphatic hydroxyl groups is 1. The Kier molecular flexibility index (Phi) is 10.9. The largest absolute Gasteiger partial charge is 0.490 e. The van der Waals surface area contributed by atoms with Crippen LogP contribution >= 0.6 is 11.6 Å². The molecule has 1 fully saturated rings. The Bertz CT molecular complexity index is 1740. The zero-order chi connectivity index (χ0) is 35.7. The second-order valence-corrected chi connectivity index (χ2v) is 16.6. The number of hydrogen-bond acceptors (Lipinski definition) is 9. The highest BCUT2D eigenvalue weighted by Gasteiger charge is 2.47. The molecular weight excluding hydrogens is 682 g/mol. The van der Waals surface area contributed by atoms with Gasteiger partial charge < -0.3 is 29.1 Å². The van der Waals surface area contributed by atoms with Crippen LogP contribution in [0.1, 0.15) is 55.2 Å². The van der Waals surface area contributed by atoms with Gasteiger partial charge in [0.1, 0.15) is 5.75 Å². The molecule has 2 bridgehead atoms. The van der Waals surface area contributed by atoms with Gasteiger partial charge in [-0.15, -0.1) is 0 Å². The first-order chi connectivity index (χ1) is 23.9.